The molecule has 20 heavy (non-hydrogen) atoms. The standard InChI is InChI=1S/C16H24N2O2/c1-12-14(8-5-9-15(12)19)16(20)17-10-11-18(2)13-6-3-4-7-13/h5,8-9,13,19H,3-4,6-7,10-11H2,1-2H3,(H,17,20). The molecule has 0 radical (unpaired) electrons. The Labute approximate surface area is 120 Å². The van der Waals surface area contributed by atoms with Gasteiger partial charge in [0.1, 0.15) is 5.75 Å². The van der Waals surface area contributed by atoms with E-state index in [0.29, 0.717) is 23.7 Å². The van der Waals surface area contributed by atoms with Crippen LogP contribution in [0, 0.1) is 6.92 Å². The van der Waals surface area contributed by atoms with E-state index in [4.69, 9.17) is 0 Å². The van der Waals surface area contributed by atoms with Crippen molar-refractivity contribution in [2.24, 2.45) is 0 Å². The molecule has 2 N–H and O–H groups in total. The van der Waals surface area contributed by atoms with Crippen LogP contribution in [-0.2, 0) is 0 Å². The molecule has 2 rings (SSSR count). The number of hydrogen-bond donors (Lipinski definition) is 2. The minimum atomic E-state index is -0.113. The largest absolute Gasteiger partial charge is 0.508 e. The van der Waals surface area contributed by atoms with Gasteiger partial charge in [-0.15, -0.1) is 0 Å². The molecule has 0 unspecified atom stereocenters. The summed E-state index contributed by atoms with van der Waals surface area (Å²) in [6, 6.07) is 5.71. The second-order valence-electron chi connectivity index (χ2n) is 5.62. The number of amides is 1. The molecule has 1 aliphatic rings. The third kappa shape index (κ3) is 3.51. The predicted octanol–water partition coefficient (Wildman–Crippen LogP) is 2.30. The second-order valence-corrected chi connectivity index (χ2v) is 5.62. The smallest absolute Gasteiger partial charge is 0.251 e. The lowest BCUT2D eigenvalue weighted by Gasteiger charge is -2.24. The van der Waals surface area contributed by atoms with E-state index in [2.05, 4.69) is 17.3 Å². The quantitative estimate of drug-likeness (QED) is 0.867. The number of phenolic OH excluding ortho intramolecular Hbond substituents is 1. The molecule has 1 amide bonds. The van der Waals surface area contributed by atoms with Gasteiger partial charge in [0.15, 0.2) is 0 Å². The summed E-state index contributed by atoms with van der Waals surface area (Å²) in [4.78, 5) is 14.4. The first-order chi connectivity index (χ1) is 9.59. The molecule has 1 aromatic carbocycles. The Morgan fingerprint density at radius 1 is 1.40 bits per heavy atom. The predicted molar refractivity (Wildman–Crippen MR) is 80.1 cm³/mol. The van der Waals surface area contributed by atoms with Crippen LogP contribution in [0.3, 0.4) is 0 Å². The van der Waals surface area contributed by atoms with Gasteiger partial charge in [-0.25, -0.2) is 0 Å². The second kappa shape index (κ2) is 6.75. The van der Waals surface area contributed by atoms with Crippen molar-refractivity contribution in [1.29, 1.82) is 0 Å². The fourth-order valence-electron chi connectivity index (χ4n) is 2.84. The minimum Gasteiger partial charge on any atom is -0.508 e. The SMILES string of the molecule is Cc1c(O)cccc1C(=O)NCCN(C)C1CCCC1. The first-order valence-corrected chi connectivity index (χ1v) is 7.36. The lowest BCUT2D eigenvalue weighted by Crippen LogP contribution is -2.37. The number of benzene rings is 1. The van der Waals surface area contributed by atoms with Crippen molar-refractivity contribution in [1.82, 2.24) is 10.2 Å². The summed E-state index contributed by atoms with van der Waals surface area (Å²) in [5.41, 5.74) is 1.18. The number of rotatable bonds is 5. The van der Waals surface area contributed by atoms with Crippen molar-refractivity contribution in [3.8, 4) is 5.75 Å². The lowest BCUT2D eigenvalue weighted by atomic mass is 10.1. The maximum atomic E-state index is 12.1. The lowest BCUT2D eigenvalue weighted by molar-refractivity contribution is 0.0946. The fraction of sp³-hybridized carbons (Fsp3) is 0.562. The van der Waals surface area contributed by atoms with Crippen molar-refractivity contribution in [2.45, 2.75) is 38.6 Å². The molecule has 1 fully saturated rings. The molecule has 0 aromatic heterocycles. The zero-order chi connectivity index (χ0) is 14.5. The van der Waals surface area contributed by atoms with Gasteiger partial charge in [0, 0.05) is 30.3 Å². The Kier molecular flexibility index (Phi) is 5.01. The summed E-state index contributed by atoms with van der Waals surface area (Å²) in [7, 11) is 2.13. The summed E-state index contributed by atoms with van der Waals surface area (Å²) in [6.45, 7) is 3.27. The monoisotopic (exact) mass is 276 g/mol. The Morgan fingerprint density at radius 3 is 2.80 bits per heavy atom. The average molecular weight is 276 g/mol. The number of aromatic hydroxyl groups is 1. The topological polar surface area (TPSA) is 52.6 Å². The summed E-state index contributed by atoms with van der Waals surface area (Å²) >= 11 is 0. The molecule has 0 saturated heterocycles. The highest BCUT2D eigenvalue weighted by Crippen LogP contribution is 2.22. The first kappa shape index (κ1) is 14.9. The number of phenols is 1. The van der Waals surface area contributed by atoms with E-state index in [1.165, 1.54) is 25.7 Å². The fourth-order valence-corrected chi connectivity index (χ4v) is 2.84. The van der Waals surface area contributed by atoms with E-state index in [-0.39, 0.29) is 11.7 Å². The molecule has 1 aromatic rings. The van der Waals surface area contributed by atoms with E-state index in [9.17, 15) is 9.90 Å². The van der Waals surface area contributed by atoms with E-state index in [0.717, 1.165) is 6.54 Å². The summed E-state index contributed by atoms with van der Waals surface area (Å²) in [5, 5.41) is 12.5. The molecular weight excluding hydrogens is 252 g/mol. The maximum absolute atomic E-state index is 12.1. The molecule has 0 spiro atoms. The van der Waals surface area contributed by atoms with Crippen molar-refractivity contribution in [3.63, 3.8) is 0 Å². The van der Waals surface area contributed by atoms with Crippen LogP contribution < -0.4 is 5.32 Å². The summed E-state index contributed by atoms with van der Waals surface area (Å²) in [5.74, 6) is 0.0546. The van der Waals surface area contributed by atoms with Crippen LogP contribution in [0.4, 0.5) is 0 Å². The van der Waals surface area contributed by atoms with Crippen LogP contribution in [0.1, 0.15) is 41.6 Å². The number of nitrogens with zero attached hydrogens (tertiary/aromatic N) is 1. The third-order valence-electron chi connectivity index (χ3n) is 4.25. The highest BCUT2D eigenvalue weighted by atomic mass is 16.3. The highest BCUT2D eigenvalue weighted by molar-refractivity contribution is 5.96. The molecule has 1 aliphatic carbocycles. The van der Waals surface area contributed by atoms with Crippen LogP contribution in [-0.4, -0.2) is 42.1 Å². The maximum Gasteiger partial charge on any atom is 0.251 e. The third-order valence-corrected chi connectivity index (χ3v) is 4.25. The Balaban J connectivity index is 1.81. The van der Waals surface area contributed by atoms with Gasteiger partial charge >= 0.3 is 0 Å². The molecule has 110 valence electrons. The number of hydrogen-bond acceptors (Lipinski definition) is 3. The highest BCUT2D eigenvalue weighted by Gasteiger charge is 2.19. The molecule has 4 nitrogen and oxygen atoms in total. The van der Waals surface area contributed by atoms with Gasteiger partial charge in [0.05, 0.1) is 0 Å². The zero-order valence-electron chi connectivity index (χ0n) is 12.4. The summed E-state index contributed by atoms with van der Waals surface area (Å²) in [6.07, 6.45) is 5.19. The Bertz CT molecular complexity index is 468. The Hall–Kier alpha value is -1.55. The van der Waals surface area contributed by atoms with Gasteiger partial charge in [-0.1, -0.05) is 18.9 Å². The van der Waals surface area contributed by atoms with E-state index >= 15 is 0 Å². The van der Waals surface area contributed by atoms with Gasteiger partial charge in [-0.2, -0.15) is 0 Å². The van der Waals surface area contributed by atoms with Crippen molar-refractivity contribution in [2.75, 3.05) is 20.1 Å². The number of carbonyl (C=O) groups is 1. The van der Waals surface area contributed by atoms with Crippen LogP contribution >= 0.6 is 0 Å². The van der Waals surface area contributed by atoms with Gasteiger partial charge in [-0.05, 0) is 38.9 Å². The number of nitrogens with one attached hydrogen (secondary N) is 1. The van der Waals surface area contributed by atoms with Crippen LogP contribution in [0.2, 0.25) is 0 Å². The normalized spacial score (nSPS) is 15.8. The van der Waals surface area contributed by atoms with E-state index < -0.39 is 0 Å². The van der Waals surface area contributed by atoms with Crippen LogP contribution in [0.5, 0.6) is 5.75 Å². The molecule has 0 atom stereocenters. The van der Waals surface area contributed by atoms with Gasteiger partial charge in [-0.3, -0.25) is 4.79 Å². The molecule has 0 bridgehead atoms. The van der Waals surface area contributed by atoms with E-state index in [1.807, 2.05) is 0 Å². The number of likely N-dealkylation sites (N-methyl/N-ethyl adjacent to an activating group) is 1. The van der Waals surface area contributed by atoms with Crippen LogP contribution in [0.25, 0.3) is 0 Å². The molecule has 4 heteroatoms. The van der Waals surface area contributed by atoms with Crippen molar-refractivity contribution < 1.29 is 9.90 Å². The molecule has 0 heterocycles. The number of carbonyl (C=O) groups excluding carboxylic acids is 1. The Morgan fingerprint density at radius 2 is 2.10 bits per heavy atom. The summed E-state index contributed by atoms with van der Waals surface area (Å²) < 4.78 is 0. The molecule has 0 aliphatic heterocycles. The first-order valence-electron chi connectivity index (χ1n) is 7.36. The van der Waals surface area contributed by atoms with Crippen molar-refractivity contribution in [3.05, 3.63) is 29.3 Å². The average Bonchev–Trinajstić information content (AvgIpc) is 2.95. The molecular formula is C16H24N2O2. The molecule has 1 saturated carbocycles. The van der Waals surface area contributed by atoms with Gasteiger partial charge in [0.2, 0.25) is 0 Å². The van der Waals surface area contributed by atoms with E-state index in [1.54, 1.807) is 25.1 Å². The van der Waals surface area contributed by atoms with Gasteiger partial charge in [0.25, 0.3) is 5.91 Å². The van der Waals surface area contributed by atoms with Crippen LogP contribution in [0.15, 0.2) is 18.2 Å². The van der Waals surface area contributed by atoms with Gasteiger partial charge < -0.3 is 15.3 Å². The minimum absolute atomic E-state index is 0.113. The van der Waals surface area contributed by atoms with Crippen molar-refractivity contribution >= 4 is 5.91 Å². The zero-order valence-corrected chi connectivity index (χ0v) is 12.4.